The summed E-state index contributed by atoms with van der Waals surface area (Å²) in [6.07, 6.45) is 0.288. The Morgan fingerprint density at radius 2 is 2.29 bits per heavy atom. The third-order valence-corrected chi connectivity index (χ3v) is 2.58. The molecule has 0 spiro atoms. The van der Waals surface area contributed by atoms with E-state index in [1.165, 1.54) is 0 Å². The van der Waals surface area contributed by atoms with E-state index in [1.807, 2.05) is 6.07 Å². The van der Waals surface area contributed by atoms with Gasteiger partial charge in [0.15, 0.2) is 17.3 Å². The van der Waals surface area contributed by atoms with E-state index in [-0.39, 0.29) is 19.0 Å². The number of ether oxygens (including phenoxy) is 3. The molecule has 2 rings (SSSR count). The van der Waals surface area contributed by atoms with Gasteiger partial charge in [-0.1, -0.05) is 6.07 Å². The number of benzene rings is 1. The van der Waals surface area contributed by atoms with Gasteiger partial charge in [-0.2, -0.15) is 0 Å². The van der Waals surface area contributed by atoms with Crippen LogP contribution in [0.15, 0.2) is 12.1 Å². The van der Waals surface area contributed by atoms with Gasteiger partial charge in [0.1, 0.15) is 0 Å². The molecule has 92 valence electrons. The monoisotopic (exact) mass is 237 g/mol. The Hall–Kier alpha value is -1.59. The van der Waals surface area contributed by atoms with E-state index in [1.54, 1.807) is 13.2 Å². The maximum absolute atomic E-state index is 12.0. The first-order valence-electron chi connectivity index (χ1n) is 5.41. The van der Waals surface area contributed by atoms with E-state index in [9.17, 15) is 4.79 Å². The Kier molecular flexibility index (Phi) is 3.61. The molecule has 5 heteroatoms. The van der Waals surface area contributed by atoms with E-state index in [0.29, 0.717) is 30.2 Å². The Bertz CT molecular complexity index is 431. The van der Waals surface area contributed by atoms with Crippen molar-refractivity contribution in [3.63, 3.8) is 0 Å². The molecule has 0 aliphatic carbocycles. The highest BCUT2D eigenvalue weighted by molar-refractivity contribution is 6.01. The molecular formula is C12H15NO4. The second-order valence-corrected chi connectivity index (χ2v) is 3.73. The summed E-state index contributed by atoms with van der Waals surface area (Å²) in [7, 11) is 1.59. The predicted molar refractivity (Wildman–Crippen MR) is 61.3 cm³/mol. The summed E-state index contributed by atoms with van der Waals surface area (Å²) < 4.78 is 15.7. The molecule has 0 radical (unpaired) electrons. The number of nitrogens with two attached hydrogens (primary N) is 1. The predicted octanol–water partition coefficient (Wildman–Crippen LogP) is 1.09. The molecule has 2 N–H and O–H groups in total. The van der Waals surface area contributed by atoms with Crippen LogP contribution in [0.3, 0.4) is 0 Å². The van der Waals surface area contributed by atoms with Crippen molar-refractivity contribution in [3.8, 4) is 11.5 Å². The first-order valence-corrected chi connectivity index (χ1v) is 5.41. The summed E-state index contributed by atoms with van der Waals surface area (Å²) in [4.78, 5) is 12.0. The maximum atomic E-state index is 12.0. The molecule has 0 saturated carbocycles. The Balaban J connectivity index is 2.44. The number of rotatable bonds is 5. The van der Waals surface area contributed by atoms with Gasteiger partial charge in [-0.3, -0.25) is 4.79 Å². The molecule has 0 unspecified atom stereocenters. The lowest BCUT2D eigenvalue weighted by Crippen LogP contribution is -2.11. The molecule has 1 heterocycles. The van der Waals surface area contributed by atoms with Gasteiger partial charge in [0, 0.05) is 13.5 Å². The van der Waals surface area contributed by atoms with Crippen LogP contribution in [0.2, 0.25) is 0 Å². The largest absolute Gasteiger partial charge is 0.454 e. The lowest BCUT2D eigenvalue weighted by Gasteiger charge is -2.10. The number of fused-ring (bicyclic) bond motifs is 1. The summed E-state index contributed by atoms with van der Waals surface area (Å²) in [6, 6.07) is 3.61. The molecule has 0 aromatic heterocycles. The molecule has 5 nitrogen and oxygen atoms in total. The molecule has 0 fully saturated rings. The number of ketones is 1. The lowest BCUT2D eigenvalue weighted by atomic mass is 10.00. The Labute approximate surface area is 99.5 Å². The Morgan fingerprint density at radius 3 is 3.00 bits per heavy atom. The summed E-state index contributed by atoms with van der Waals surface area (Å²) in [5.74, 6) is 1.07. The van der Waals surface area contributed by atoms with Crippen LogP contribution in [-0.4, -0.2) is 26.2 Å². The van der Waals surface area contributed by atoms with Crippen LogP contribution < -0.4 is 15.2 Å². The minimum Gasteiger partial charge on any atom is -0.454 e. The van der Waals surface area contributed by atoms with Crippen LogP contribution in [0.25, 0.3) is 0 Å². The molecular weight excluding hydrogens is 222 g/mol. The van der Waals surface area contributed by atoms with E-state index >= 15 is 0 Å². The van der Waals surface area contributed by atoms with Crippen LogP contribution in [0.4, 0.5) is 0 Å². The number of carbonyl (C=O) groups excluding carboxylic acids is 1. The average molecular weight is 237 g/mol. The maximum Gasteiger partial charge on any atom is 0.231 e. The van der Waals surface area contributed by atoms with Crippen molar-refractivity contribution >= 4 is 5.78 Å². The molecule has 17 heavy (non-hydrogen) atoms. The highest BCUT2D eigenvalue weighted by Gasteiger charge is 2.24. The number of hydrogen-bond acceptors (Lipinski definition) is 5. The van der Waals surface area contributed by atoms with Gasteiger partial charge in [-0.15, -0.1) is 0 Å². The average Bonchev–Trinajstić information content (AvgIpc) is 2.77. The van der Waals surface area contributed by atoms with Gasteiger partial charge >= 0.3 is 0 Å². The van der Waals surface area contributed by atoms with Gasteiger partial charge in [0.05, 0.1) is 12.2 Å². The second-order valence-electron chi connectivity index (χ2n) is 3.73. The molecule has 1 aliphatic heterocycles. The fourth-order valence-corrected chi connectivity index (χ4v) is 1.85. The molecule has 0 saturated heterocycles. The van der Waals surface area contributed by atoms with Crippen molar-refractivity contribution in [2.75, 3.05) is 20.4 Å². The second kappa shape index (κ2) is 5.16. The zero-order valence-corrected chi connectivity index (χ0v) is 9.69. The number of Topliss-reactive ketones (excluding diaryl/α,β-unsaturated/α-hetero) is 1. The molecule has 1 aromatic rings. The third kappa shape index (κ3) is 2.25. The van der Waals surface area contributed by atoms with E-state index < -0.39 is 0 Å². The van der Waals surface area contributed by atoms with Crippen LogP contribution in [0.1, 0.15) is 22.3 Å². The lowest BCUT2D eigenvalue weighted by molar-refractivity contribution is 0.0975. The zero-order valence-electron chi connectivity index (χ0n) is 9.69. The number of carbonyl (C=O) groups is 1. The van der Waals surface area contributed by atoms with Gasteiger partial charge in [-0.25, -0.2) is 0 Å². The molecule has 1 aliphatic rings. The van der Waals surface area contributed by atoms with Crippen LogP contribution in [0.5, 0.6) is 11.5 Å². The molecule has 1 aromatic carbocycles. The molecule has 0 bridgehead atoms. The van der Waals surface area contributed by atoms with Crippen molar-refractivity contribution in [2.45, 2.75) is 13.0 Å². The highest BCUT2D eigenvalue weighted by atomic mass is 16.7. The van der Waals surface area contributed by atoms with Crippen molar-refractivity contribution in [3.05, 3.63) is 23.3 Å². The summed E-state index contributed by atoms with van der Waals surface area (Å²) in [5, 5.41) is 0. The quantitative estimate of drug-likeness (QED) is 0.776. The van der Waals surface area contributed by atoms with Crippen molar-refractivity contribution < 1.29 is 19.0 Å². The first-order chi connectivity index (χ1) is 8.27. The van der Waals surface area contributed by atoms with Crippen LogP contribution >= 0.6 is 0 Å². The van der Waals surface area contributed by atoms with Crippen LogP contribution in [0, 0.1) is 0 Å². The van der Waals surface area contributed by atoms with Crippen molar-refractivity contribution in [2.24, 2.45) is 5.73 Å². The number of methoxy groups -OCH3 is 1. The number of hydrogen-bond donors (Lipinski definition) is 1. The minimum atomic E-state index is -0.0399. The minimum absolute atomic E-state index is 0.0399. The van der Waals surface area contributed by atoms with Crippen molar-refractivity contribution in [1.29, 1.82) is 0 Å². The summed E-state index contributed by atoms with van der Waals surface area (Å²) >= 11 is 0. The fraction of sp³-hybridized carbons (Fsp3) is 0.417. The third-order valence-electron chi connectivity index (χ3n) is 2.58. The summed E-state index contributed by atoms with van der Waals surface area (Å²) in [5.41, 5.74) is 6.75. The first kappa shape index (κ1) is 11.9. The topological polar surface area (TPSA) is 70.8 Å². The SMILES string of the molecule is COCc1ccc2c(c1C(=O)CCN)OCO2. The van der Waals surface area contributed by atoms with Crippen LogP contribution in [-0.2, 0) is 11.3 Å². The fourth-order valence-electron chi connectivity index (χ4n) is 1.85. The molecule has 0 atom stereocenters. The standard InChI is InChI=1S/C12H15NO4/c1-15-6-8-2-3-10-12(17-7-16-10)11(8)9(14)4-5-13/h2-3H,4-7,13H2,1H3. The molecule has 0 amide bonds. The van der Waals surface area contributed by atoms with E-state index in [2.05, 4.69) is 0 Å². The van der Waals surface area contributed by atoms with E-state index in [4.69, 9.17) is 19.9 Å². The van der Waals surface area contributed by atoms with Crippen molar-refractivity contribution in [1.82, 2.24) is 0 Å². The summed E-state index contributed by atoms with van der Waals surface area (Å²) in [6.45, 7) is 0.826. The zero-order chi connectivity index (χ0) is 12.3. The van der Waals surface area contributed by atoms with Gasteiger partial charge in [0.2, 0.25) is 6.79 Å². The highest BCUT2D eigenvalue weighted by Crippen LogP contribution is 2.38. The van der Waals surface area contributed by atoms with Gasteiger partial charge < -0.3 is 19.9 Å². The smallest absolute Gasteiger partial charge is 0.231 e. The van der Waals surface area contributed by atoms with E-state index in [0.717, 1.165) is 5.56 Å². The van der Waals surface area contributed by atoms with Gasteiger partial charge in [-0.05, 0) is 18.2 Å². The Morgan fingerprint density at radius 1 is 1.47 bits per heavy atom. The normalized spacial score (nSPS) is 12.8. The van der Waals surface area contributed by atoms with Gasteiger partial charge in [0.25, 0.3) is 0 Å².